The molecule has 1 amide bonds. The average molecular weight is 300 g/mol. The molecular weight excluding hydrogens is 286 g/mol. The molecular formula is C16H14ClN3O. The maximum absolute atomic E-state index is 12.5. The van der Waals surface area contributed by atoms with Crippen LogP contribution in [0, 0.1) is 0 Å². The smallest absolute Gasteiger partial charge is 0.275 e. The maximum atomic E-state index is 12.5. The first-order chi connectivity index (χ1) is 10.2. The number of benzene rings is 2. The number of aromatic nitrogens is 2. The molecule has 0 spiro atoms. The van der Waals surface area contributed by atoms with Crippen molar-refractivity contribution in [3.05, 3.63) is 59.4 Å². The lowest BCUT2D eigenvalue weighted by atomic mass is 10.1. The minimum atomic E-state index is -0.254. The van der Waals surface area contributed by atoms with Crippen molar-refractivity contribution in [2.45, 2.75) is 13.5 Å². The summed E-state index contributed by atoms with van der Waals surface area (Å²) in [6.07, 6.45) is 1.49. The minimum absolute atomic E-state index is 0.254. The van der Waals surface area contributed by atoms with Gasteiger partial charge in [0, 0.05) is 17.6 Å². The van der Waals surface area contributed by atoms with E-state index in [-0.39, 0.29) is 5.91 Å². The molecule has 2 aromatic carbocycles. The van der Waals surface area contributed by atoms with Crippen LogP contribution in [0.3, 0.4) is 0 Å². The van der Waals surface area contributed by atoms with Crippen molar-refractivity contribution in [2.24, 2.45) is 0 Å². The number of hydrogen-bond acceptors (Lipinski definition) is 2. The van der Waals surface area contributed by atoms with E-state index in [9.17, 15) is 4.79 Å². The monoisotopic (exact) mass is 299 g/mol. The molecule has 0 saturated carbocycles. The molecule has 0 atom stereocenters. The van der Waals surface area contributed by atoms with E-state index in [1.807, 2.05) is 49.4 Å². The summed E-state index contributed by atoms with van der Waals surface area (Å²) >= 11 is 6.06. The van der Waals surface area contributed by atoms with Gasteiger partial charge in [-0.15, -0.1) is 0 Å². The molecule has 0 fully saturated rings. The molecule has 0 aliphatic carbocycles. The van der Waals surface area contributed by atoms with E-state index in [0.717, 1.165) is 16.5 Å². The molecule has 0 aliphatic rings. The summed E-state index contributed by atoms with van der Waals surface area (Å²) in [5, 5.41) is 9.42. The molecule has 0 radical (unpaired) electrons. The second kappa shape index (κ2) is 5.58. The fraction of sp³-hybridized carbons (Fsp3) is 0.125. The van der Waals surface area contributed by atoms with Gasteiger partial charge in [-0.1, -0.05) is 48.0 Å². The second-order valence-corrected chi connectivity index (χ2v) is 5.04. The van der Waals surface area contributed by atoms with Crippen LogP contribution in [0.1, 0.15) is 17.4 Å². The fourth-order valence-corrected chi connectivity index (χ4v) is 2.57. The molecule has 0 bridgehead atoms. The minimum Gasteiger partial charge on any atom is -0.320 e. The number of carbonyl (C=O) groups excluding carboxylic acids is 1. The summed E-state index contributed by atoms with van der Waals surface area (Å²) in [5.41, 5.74) is 1.14. The summed E-state index contributed by atoms with van der Waals surface area (Å²) in [6, 6.07) is 13.7. The molecule has 106 valence electrons. The number of nitrogens with zero attached hydrogens (tertiary/aromatic N) is 2. The van der Waals surface area contributed by atoms with Crippen LogP contribution >= 0.6 is 11.6 Å². The number of amides is 1. The summed E-state index contributed by atoms with van der Waals surface area (Å²) in [5.74, 6) is -0.254. The van der Waals surface area contributed by atoms with Crippen LogP contribution in [0.5, 0.6) is 0 Å². The van der Waals surface area contributed by atoms with Crippen LogP contribution in [-0.4, -0.2) is 15.7 Å². The molecule has 1 N–H and O–H groups in total. The van der Waals surface area contributed by atoms with E-state index < -0.39 is 0 Å². The first kappa shape index (κ1) is 13.6. The van der Waals surface area contributed by atoms with Crippen molar-refractivity contribution in [3.63, 3.8) is 0 Å². The third-order valence-electron chi connectivity index (χ3n) is 3.35. The third kappa shape index (κ3) is 2.50. The lowest BCUT2D eigenvalue weighted by molar-refractivity contribution is 0.101. The van der Waals surface area contributed by atoms with Crippen molar-refractivity contribution in [1.82, 2.24) is 9.78 Å². The zero-order valence-electron chi connectivity index (χ0n) is 11.5. The van der Waals surface area contributed by atoms with E-state index in [1.54, 1.807) is 4.68 Å². The SMILES string of the molecule is CCn1ncc(Cl)c1C(=O)Nc1cccc2ccccc12. The average Bonchev–Trinajstić information content (AvgIpc) is 2.88. The fourth-order valence-electron chi connectivity index (χ4n) is 2.34. The largest absolute Gasteiger partial charge is 0.320 e. The van der Waals surface area contributed by atoms with Gasteiger partial charge in [-0.2, -0.15) is 5.10 Å². The highest BCUT2D eigenvalue weighted by Gasteiger charge is 2.17. The van der Waals surface area contributed by atoms with Crippen LogP contribution in [0.2, 0.25) is 5.02 Å². The first-order valence-corrected chi connectivity index (χ1v) is 7.09. The lowest BCUT2D eigenvalue weighted by Gasteiger charge is -2.10. The third-order valence-corrected chi connectivity index (χ3v) is 3.62. The van der Waals surface area contributed by atoms with Crippen molar-refractivity contribution < 1.29 is 4.79 Å². The topological polar surface area (TPSA) is 46.9 Å². The second-order valence-electron chi connectivity index (χ2n) is 4.64. The number of nitrogens with one attached hydrogen (secondary N) is 1. The van der Waals surface area contributed by atoms with Gasteiger partial charge in [-0.25, -0.2) is 0 Å². The van der Waals surface area contributed by atoms with Gasteiger partial charge in [-0.05, 0) is 18.4 Å². The predicted octanol–water partition coefficient (Wildman–Crippen LogP) is 3.96. The number of fused-ring (bicyclic) bond motifs is 1. The number of anilines is 1. The Bertz CT molecular complexity index is 805. The van der Waals surface area contributed by atoms with Gasteiger partial charge in [0.1, 0.15) is 5.69 Å². The van der Waals surface area contributed by atoms with E-state index in [4.69, 9.17) is 11.6 Å². The Balaban J connectivity index is 1.99. The summed E-state index contributed by atoms with van der Waals surface area (Å²) in [4.78, 5) is 12.5. The quantitative estimate of drug-likeness (QED) is 0.795. The van der Waals surface area contributed by atoms with Gasteiger partial charge in [-0.3, -0.25) is 9.48 Å². The zero-order chi connectivity index (χ0) is 14.8. The normalized spacial score (nSPS) is 10.8. The Hall–Kier alpha value is -2.33. The zero-order valence-corrected chi connectivity index (χ0v) is 12.3. The molecule has 3 aromatic rings. The Morgan fingerprint density at radius 3 is 2.81 bits per heavy atom. The molecule has 0 saturated heterocycles. The predicted molar refractivity (Wildman–Crippen MR) is 84.8 cm³/mol. The van der Waals surface area contributed by atoms with E-state index in [0.29, 0.717) is 17.3 Å². The van der Waals surface area contributed by atoms with E-state index in [1.165, 1.54) is 6.20 Å². The number of carbonyl (C=O) groups is 1. The van der Waals surface area contributed by atoms with Gasteiger partial charge >= 0.3 is 0 Å². The highest BCUT2D eigenvalue weighted by Crippen LogP contribution is 2.24. The van der Waals surface area contributed by atoms with Crippen LogP contribution < -0.4 is 5.32 Å². The first-order valence-electron chi connectivity index (χ1n) is 6.71. The Kier molecular flexibility index (Phi) is 3.62. The number of aryl methyl sites for hydroxylation is 1. The van der Waals surface area contributed by atoms with Crippen molar-refractivity contribution in [3.8, 4) is 0 Å². The van der Waals surface area contributed by atoms with Crippen molar-refractivity contribution >= 4 is 34.0 Å². The molecule has 4 nitrogen and oxygen atoms in total. The van der Waals surface area contributed by atoms with Gasteiger partial charge < -0.3 is 5.32 Å². The Morgan fingerprint density at radius 2 is 2.00 bits per heavy atom. The molecule has 0 aliphatic heterocycles. The molecule has 1 aromatic heterocycles. The Morgan fingerprint density at radius 1 is 1.24 bits per heavy atom. The highest BCUT2D eigenvalue weighted by atomic mass is 35.5. The maximum Gasteiger partial charge on any atom is 0.275 e. The van der Waals surface area contributed by atoms with Gasteiger partial charge in [0.25, 0.3) is 5.91 Å². The number of halogens is 1. The molecule has 1 heterocycles. The van der Waals surface area contributed by atoms with Crippen LogP contribution in [0.4, 0.5) is 5.69 Å². The standard InChI is InChI=1S/C16H14ClN3O/c1-2-20-15(13(17)10-18-20)16(21)19-14-9-5-7-11-6-3-4-8-12(11)14/h3-10H,2H2,1H3,(H,19,21). The molecule has 5 heteroatoms. The number of hydrogen-bond donors (Lipinski definition) is 1. The summed E-state index contributed by atoms with van der Waals surface area (Å²) in [7, 11) is 0. The van der Waals surface area contributed by atoms with Crippen LogP contribution in [0.15, 0.2) is 48.7 Å². The van der Waals surface area contributed by atoms with Crippen molar-refractivity contribution in [2.75, 3.05) is 5.32 Å². The molecule has 3 rings (SSSR count). The molecule has 21 heavy (non-hydrogen) atoms. The van der Waals surface area contributed by atoms with E-state index in [2.05, 4.69) is 10.4 Å². The Labute approximate surface area is 127 Å². The highest BCUT2D eigenvalue weighted by molar-refractivity contribution is 6.34. The van der Waals surface area contributed by atoms with Crippen LogP contribution in [0.25, 0.3) is 10.8 Å². The summed E-state index contributed by atoms with van der Waals surface area (Å²) in [6.45, 7) is 2.50. The lowest BCUT2D eigenvalue weighted by Crippen LogP contribution is -2.18. The number of rotatable bonds is 3. The van der Waals surface area contributed by atoms with Crippen LogP contribution in [-0.2, 0) is 6.54 Å². The van der Waals surface area contributed by atoms with Gasteiger partial charge in [0.2, 0.25) is 0 Å². The van der Waals surface area contributed by atoms with Crippen molar-refractivity contribution in [1.29, 1.82) is 0 Å². The van der Waals surface area contributed by atoms with Gasteiger partial charge in [0.15, 0.2) is 0 Å². The van der Waals surface area contributed by atoms with E-state index >= 15 is 0 Å². The summed E-state index contributed by atoms with van der Waals surface area (Å²) < 4.78 is 1.59. The molecule has 0 unspecified atom stereocenters. The van der Waals surface area contributed by atoms with Gasteiger partial charge in [0.05, 0.1) is 11.2 Å².